The Morgan fingerprint density at radius 1 is 1.00 bits per heavy atom. The number of rotatable bonds is 4. The van der Waals surface area contributed by atoms with Gasteiger partial charge in [0.15, 0.2) is 0 Å². The maximum atomic E-state index is 13.5. The van der Waals surface area contributed by atoms with Crippen molar-refractivity contribution in [3.05, 3.63) is 23.8 Å². The van der Waals surface area contributed by atoms with Gasteiger partial charge in [-0.25, -0.2) is 0 Å². The zero-order chi connectivity index (χ0) is 23.5. The molecule has 4 rings (SSSR count). The van der Waals surface area contributed by atoms with Crippen LogP contribution in [0, 0.1) is 52.3 Å². The Bertz CT molecular complexity index is 752. The fourth-order valence-electron chi connectivity index (χ4n) is 8.68. The molecule has 0 saturated heterocycles. The molecule has 4 aliphatic carbocycles. The van der Waals surface area contributed by atoms with E-state index in [1.54, 1.807) is 13.8 Å². The molecule has 0 unspecified atom stereocenters. The highest BCUT2D eigenvalue weighted by Gasteiger charge is 2.59. The predicted molar refractivity (Wildman–Crippen MR) is 124 cm³/mol. The number of alkyl halides is 3. The van der Waals surface area contributed by atoms with Gasteiger partial charge in [0.1, 0.15) is 0 Å². The summed E-state index contributed by atoms with van der Waals surface area (Å²) in [5, 5.41) is 10.2. The van der Waals surface area contributed by atoms with Crippen molar-refractivity contribution in [3.8, 4) is 0 Å². The summed E-state index contributed by atoms with van der Waals surface area (Å²) in [6, 6.07) is 0. The molecule has 9 atom stereocenters. The van der Waals surface area contributed by atoms with Gasteiger partial charge in [0.2, 0.25) is 0 Å². The van der Waals surface area contributed by atoms with Crippen molar-refractivity contribution >= 4 is 0 Å². The Kier molecular flexibility index (Phi) is 6.45. The van der Waals surface area contributed by atoms with Crippen molar-refractivity contribution in [2.24, 2.45) is 52.3 Å². The largest absolute Gasteiger partial charge is 0.395 e. The first kappa shape index (κ1) is 24.4. The quantitative estimate of drug-likeness (QED) is 0.429. The molecule has 0 aromatic carbocycles. The molecule has 3 fully saturated rings. The molecular formula is C28H43F3O. The van der Waals surface area contributed by atoms with Crippen LogP contribution in [0.1, 0.15) is 86.0 Å². The third-order valence-electron chi connectivity index (χ3n) is 10.5. The van der Waals surface area contributed by atoms with Crippen LogP contribution in [0.4, 0.5) is 13.2 Å². The van der Waals surface area contributed by atoms with Gasteiger partial charge in [0.25, 0.3) is 0 Å². The Morgan fingerprint density at radius 3 is 2.38 bits per heavy atom. The number of aliphatic hydroxyl groups is 1. The van der Waals surface area contributed by atoms with Gasteiger partial charge in [-0.2, -0.15) is 13.2 Å². The lowest BCUT2D eigenvalue weighted by atomic mass is 9.47. The van der Waals surface area contributed by atoms with Crippen LogP contribution in [0.25, 0.3) is 0 Å². The van der Waals surface area contributed by atoms with Gasteiger partial charge >= 0.3 is 6.18 Å². The lowest BCUT2D eigenvalue weighted by Gasteiger charge is -2.58. The second-order valence-corrected chi connectivity index (χ2v) is 12.4. The molecule has 0 aliphatic heterocycles. The highest BCUT2D eigenvalue weighted by Crippen LogP contribution is 2.67. The molecule has 4 aliphatic rings. The smallest absolute Gasteiger partial charge is 0.393 e. The summed E-state index contributed by atoms with van der Waals surface area (Å²) in [5.41, 5.74) is 1.97. The molecule has 0 amide bonds. The van der Waals surface area contributed by atoms with Crippen LogP contribution in [0.3, 0.4) is 0 Å². The van der Waals surface area contributed by atoms with E-state index in [2.05, 4.69) is 26.8 Å². The summed E-state index contributed by atoms with van der Waals surface area (Å²) in [6.07, 6.45) is 10.2. The van der Waals surface area contributed by atoms with E-state index in [0.717, 1.165) is 32.1 Å². The molecule has 0 spiro atoms. The number of hydrogen-bond donors (Lipinski definition) is 1. The van der Waals surface area contributed by atoms with E-state index in [1.807, 2.05) is 6.08 Å². The SMILES string of the molecule is CC(C)[C@@H](/C=C/[C@@H](C)[C@H]1CC[C@H]2[C@@H]3CC=C4C[C@@H](O)CC[C@]4(C)[C@H]3CC[C@]12C)C(F)(F)F. The molecule has 0 radical (unpaired) electrons. The van der Waals surface area contributed by atoms with E-state index in [4.69, 9.17) is 0 Å². The molecule has 0 bridgehead atoms. The maximum Gasteiger partial charge on any atom is 0.395 e. The number of aliphatic hydroxyl groups excluding tert-OH is 1. The minimum atomic E-state index is -4.17. The summed E-state index contributed by atoms with van der Waals surface area (Å²) in [7, 11) is 0. The molecule has 0 aromatic rings. The molecule has 32 heavy (non-hydrogen) atoms. The lowest BCUT2D eigenvalue weighted by molar-refractivity contribution is -0.171. The van der Waals surface area contributed by atoms with Crippen LogP contribution in [0.2, 0.25) is 0 Å². The van der Waals surface area contributed by atoms with Crippen molar-refractivity contribution in [2.45, 2.75) is 98.3 Å². The number of halogens is 3. The van der Waals surface area contributed by atoms with E-state index in [0.29, 0.717) is 23.7 Å². The van der Waals surface area contributed by atoms with Crippen molar-refractivity contribution in [1.82, 2.24) is 0 Å². The average Bonchev–Trinajstić information content (AvgIpc) is 3.04. The van der Waals surface area contributed by atoms with Crippen LogP contribution in [-0.2, 0) is 0 Å². The monoisotopic (exact) mass is 452 g/mol. The van der Waals surface area contributed by atoms with Crippen LogP contribution in [-0.4, -0.2) is 17.4 Å². The van der Waals surface area contributed by atoms with Gasteiger partial charge in [0.05, 0.1) is 12.0 Å². The molecule has 4 heteroatoms. The Labute approximate surface area is 192 Å². The van der Waals surface area contributed by atoms with Crippen LogP contribution < -0.4 is 0 Å². The summed E-state index contributed by atoms with van der Waals surface area (Å²) < 4.78 is 40.4. The van der Waals surface area contributed by atoms with E-state index >= 15 is 0 Å². The van der Waals surface area contributed by atoms with Crippen molar-refractivity contribution in [3.63, 3.8) is 0 Å². The molecule has 182 valence electrons. The van der Waals surface area contributed by atoms with E-state index in [-0.39, 0.29) is 22.9 Å². The Morgan fingerprint density at radius 2 is 1.72 bits per heavy atom. The highest BCUT2D eigenvalue weighted by molar-refractivity contribution is 5.25. The van der Waals surface area contributed by atoms with E-state index in [9.17, 15) is 18.3 Å². The summed E-state index contributed by atoms with van der Waals surface area (Å²) in [5.74, 6) is 0.933. The van der Waals surface area contributed by atoms with Crippen LogP contribution in [0.15, 0.2) is 23.8 Å². The van der Waals surface area contributed by atoms with Crippen LogP contribution >= 0.6 is 0 Å². The van der Waals surface area contributed by atoms with Gasteiger partial charge in [-0.3, -0.25) is 0 Å². The zero-order valence-electron chi connectivity index (χ0n) is 20.6. The van der Waals surface area contributed by atoms with E-state index in [1.165, 1.54) is 30.9 Å². The van der Waals surface area contributed by atoms with Gasteiger partial charge < -0.3 is 5.11 Å². The Balaban J connectivity index is 1.52. The first-order valence-electron chi connectivity index (χ1n) is 13.0. The summed E-state index contributed by atoms with van der Waals surface area (Å²) in [4.78, 5) is 0. The first-order valence-corrected chi connectivity index (χ1v) is 13.0. The molecule has 1 nitrogen and oxygen atoms in total. The van der Waals surface area contributed by atoms with Crippen LogP contribution in [0.5, 0.6) is 0 Å². The third-order valence-corrected chi connectivity index (χ3v) is 10.5. The van der Waals surface area contributed by atoms with Crippen molar-refractivity contribution < 1.29 is 18.3 Å². The molecule has 3 saturated carbocycles. The number of allylic oxidation sites excluding steroid dienone is 3. The second kappa shape index (κ2) is 8.47. The Hall–Kier alpha value is -0.770. The minimum Gasteiger partial charge on any atom is -0.393 e. The molecule has 0 heterocycles. The number of fused-ring (bicyclic) bond motifs is 5. The standard InChI is InChI=1S/C28H43F3O/c1-17(2)22(28(29,30)31)9-6-18(3)23-10-11-24-21-8-7-19-16-20(32)12-14-26(19,4)25(21)13-15-27(23,24)5/h6-7,9,17-18,20-25,32H,8,10-16H2,1-5H3/b9-6+/t18-,20+,21+,22-,23-,24+,25+,26+,27-/m1/s1. The van der Waals surface area contributed by atoms with Crippen molar-refractivity contribution in [2.75, 3.05) is 0 Å². The molecule has 0 aromatic heterocycles. The van der Waals surface area contributed by atoms with E-state index < -0.39 is 18.0 Å². The average molecular weight is 453 g/mol. The summed E-state index contributed by atoms with van der Waals surface area (Å²) in [6.45, 7) is 10.4. The van der Waals surface area contributed by atoms with Gasteiger partial charge in [-0.15, -0.1) is 0 Å². The lowest BCUT2D eigenvalue weighted by Crippen LogP contribution is -2.50. The summed E-state index contributed by atoms with van der Waals surface area (Å²) >= 11 is 0. The normalized spacial score (nSPS) is 44.1. The molecular weight excluding hydrogens is 409 g/mol. The predicted octanol–water partition coefficient (Wildman–Crippen LogP) is 7.95. The maximum absolute atomic E-state index is 13.5. The second-order valence-electron chi connectivity index (χ2n) is 12.4. The van der Waals surface area contributed by atoms with Crippen molar-refractivity contribution in [1.29, 1.82) is 0 Å². The highest BCUT2D eigenvalue weighted by atomic mass is 19.4. The van der Waals surface area contributed by atoms with Gasteiger partial charge in [0, 0.05) is 0 Å². The zero-order valence-corrected chi connectivity index (χ0v) is 20.6. The fourth-order valence-corrected chi connectivity index (χ4v) is 8.68. The van der Waals surface area contributed by atoms with Gasteiger partial charge in [-0.1, -0.05) is 58.4 Å². The van der Waals surface area contributed by atoms with Gasteiger partial charge in [-0.05, 0) is 97.7 Å². The first-order chi connectivity index (χ1) is 14.9. The molecule has 1 N–H and O–H groups in total. The number of hydrogen-bond acceptors (Lipinski definition) is 1. The minimum absolute atomic E-state index is 0.172. The topological polar surface area (TPSA) is 20.2 Å². The third kappa shape index (κ3) is 4.01. The fraction of sp³-hybridized carbons (Fsp3) is 0.857.